The number of carbonyl (C=O) groups is 1. The maximum atomic E-state index is 11.4. The Labute approximate surface area is 85.7 Å². The van der Waals surface area contributed by atoms with Gasteiger partial charge in [-0.3, -0.25) is 5.10 Å². The van der Waals surface area contributed by atoms with E-state index < -0.39 is 5.97 Å². The minimum absolute atomic E-state index is 0.139. The standard InChI is InChI=1S/C10H10N2O3/c1-5-3-6(13)4-7-8(5)9(12-11-7)10(14)15-2/h3-4,13H,1-2H3,(H,11,12). The van der Waals surface area contributed by atoms with Gasteiger partial charge in [0, 0.05) is 11.5 Å². The zero-order chi connectivity index (χ0) is 11.0. The highest BCUT2D eigenvalue weighted by molar-refractivity contribution is 6.03. The molecular weight excluding hydrogens is 196 g/mol. The molecule has 0 amide bonds. The molecule has 2 N–H and O–H groups in total. The quantitative estimate of drug-likeness (QED) is 0.691. The van der Waals surface area contributed by atoms with Crippen molar-refractivity contribution in [2.24, 2.45) is 0 Å². The van der Waals surface area contributed by atoms with Gasteiger partial charge >= 0.3 is 5.97 Å². The number of benzene rings is 1. The fourth-order valence-electron chi connectivity index (χ4n) is 1.59. The number of H-pyrrole nitrogens is 1. The Kier molecular flexibility index (Phi) is 2.07. The number of aromatic nitrogens is 2. The number of esters is 1. The lowest BCUT2D eigenvalue weighted by molar-refractivity contribution is 0.0596. The summed E-state index contributed by atoms with van der Waals surface area (Å²) in [7, 11) is 1.30. The van der Waals surface area contributed by atoms with E-state index in [2.05, 4.69) is 14.9 Å². The molecule has 78 valence electrons. The molecule has 1 heterocycles. The molecule has 1 aromatic heterocycles. The van der Waals surface area contributed by atoms with Gasteiger partial charge in [0.25, 0.3) is 0 Å². The molecule has 2 rings (SSSR count). The van der Waals surface area contributed by atoms with Gasteiger partial charge < -0.3 is 9.84 Å². The van der Waals surface area contributed by atoms with Gasteiger partial charge in [0.05, 0.1) is 12.6 Å². The van der Waals surface area contributed by atoms with Crippen molar-refractivity contribution in [3.8, 4) is 5.75 Å². The van der Waals surface area contributed by atoms with Crippen LogP contribution in [0.1, 0.15) is 16.1 Å². The lowest BCUT2D eigenvalue weighted by Gasteiger charge is -1.99. The molecule has 2 aromatic rings. The lowest BCUT2D eigenvalue weighted by Crippen LogP contribution is -2.02. The van der Waals surface area contributed by atoms with E-state index in [1.54, 1.807) is 13.0 Å². The number of ether oxygens (including phenoxy) is 1. The number of aromatic hydroxyl groups is 1. The Morgan fingerprint density at radius 1 is 1.53 bits per heavy atom. The molecule has 0 aliphatic rings. The largest absolute Gasteiger partial charge is 0.508 e. The van der Waals surface area contributed by atoms with Crippen molar-refractivity contribution in [1.82, 2.24) is 10.2 Å². The van der Waals surface area contributed by atoms with Crippen molar-refractivity contribution in [1.29, 1.82) is 0 Å². The highest BCUT2D eigenvalue weighted by Crippen LogP contribution is 2.25. The number of phenolic OH excluding ortho intramolecular Hbond substituents is 1. The molecule has 0 aliphatic heterocycles. The third-order valence-corrected chi connectivity index (χ3v) is 2.22. The Morgan fingerprint density at radius 3 is 2.93 bits per heavy atom. The van der Waals surface area contributed by atoms with Crippen LogP contribution in [0.25, 0.3) is 10.9 Å². The van der Waals surface area contributed by atoms with E-state index in [0.29, 0.717) is 10.9 Å². The summed E-state index contributed by atoms with van der Waals surface area (Å²) in [5, 5.41) is 16.6. The minimum Gasteiger partial charge on any atom is -0.508 e. The molecule has 0 saturated heterocycles. The van der Waals surface area contributed by atoms with Crippen LogP contribution in [0.2, 0.25) is 0 Å². The van der Waals surface area contributed by atoms with Gasteiger partial charge in [-0.05, 0) is 18.6 Å². The van der Waals surface area contributed by atoms with Gasteiger partial charge in [0.1, 0.15) is 5.75 Å². The molecule has 0 saturated carbocycles. The lowest BCUT2D eigenvalue weighted by atomic mass is 10.1. The number of phenols is 1. The molecule has 0 bridgehead atoms. The average molecular weight is 206 g/mol. The predicted octanol–water partition coefficient (Wildman–Crippen LogP) is 1.36. The first-order chi connectivity index (χ1) is 7.13. The van der Waals surface area contributed by atoms with Gasteiger partial charge in [0.2, 0.25) is 0 Å². The van der Waals surface area contributed by atoms with Crippen molar-refractivity contribution >= 4 is 16.9 Å². The number of nitrogens with one attached hydrogen (secondary N) is 1. The third kappa shape index (κ3) is 1.41. The number of aryl methyl sites for hydroxylation is 1. The van der Waals surface area contributed by atoms with Gasteiger partial charge in [-0.25, -0.2) is 4.79 Å². The number of nitrogens with zero attached hydrogens (tertiary/aromatic N) is 1. The highest BCUT2D eigenvalue weighted by atomic mass is 16.5. The maximum absolute atomic E-state index is 11.4. The number of hydrogen-bond acceptors (Lipinski definition) is 4. The van der Waals surface area contributed by atoms with Crippen LogP contribution < -0.4 is 0 Å². The summed E-state index contributed by atoms with van der Waals surface area (Å²) in [6.07, 6.45) is 0. The predicted molar refractivity (Wildman–Crippen MR) is 53.8 cm³/mol. The van der Waals surface area contributed by atoms with E-state index >= 15 is 0 Å². The summed E-state index contributed by atoms with van der Waals surface area (Å²) in [5.41, 5.74) is 1.64. The number of fused-ring (bicyclic) bond motifs is 1. The van der Waals surface area contributed by atoms with Crippen LogP contribution in [-0.4, -0.2) is 28.4 Å². The van der Waals surface area contributed by atoms with E-state index in [-0.39, 0.29) is 11.4 Å². The van der Waals surface area contributed by atoms with Crippen LogP contribution >= 0.6 is 0 Å². The number of rotatable bonds is 1. The summed E-state index contributed by atoms with van der Waals surface area (Å²) < 4.78 is 4.60. The Balaban J connectivity index is 2.74. The second-order valence-corrected chi connectivity index (χ2v) is 3.25. The van der Waals surface area contributed by atoms with Gasteiger partial charge in [-0.2, -0.15) is 5.10 Å². The SMILES string of the molecule is COC(=O)c1n[nH]c2cc(O)cc(C)c12. The topological polar surface area (TPSA) is 75.2 Å². The first kappa shape index (κ1) is 9.51. The number of methoxy groups -OCH3 is 1. The zero-order valence-electron chi connectivity index (χ0n) is 8.37. The Bertz CT molecular complexity index is 531. The summed E-state index contributed by atoms with van der Waals surface area (Å²) in [5.74, 6) is -0.352. The third-order valence-electron chi connectivity index (χ3n) is 2.22. The Morgan fingerprint density at radius 2 is 2.27 bits per heavy atom. The second kappa shape index (κ2) is 3.27. The van der Waals surface area contributed by atoms with Crippen LogP contribution in [0.5, 0.6) is 5.75 Å². The number of aromatic amines is 1. The molecule has 0 spiro atoms. The van der Waals surface area contributed by atoms with E-state index in [4.69, 9.17) is 0 Å². The van der Waals surface area contributed by atoms with E-state index in [1.807, 2.05) is 0 Å². The molecule has 1 aromatic carbocycles. The first-order valence-electron chi connectivity index (χ1n) is 4.39. The number of hydrogen-bond donors (Lipinski definition) is 2. The van der Waals surface area contributed by atoms with Crippen LogP contribution in [-0.2, 0) is 4.74 Å². The smallest absolute Gasteiger partial charge is 0.359 e. The average Bonchev–Trinajstić information content (AvgIpc) is 2.60. The van der Waals surface area contributed by atoms with E-state index in [0.717, 1.165) is 5.56 Å². The maximum Gasteiger partial charge on any atom is 0.359 e. The molecule has 15 heavy (non-hydrogen) atoms. The van der Waals surface area contributed by atoms with Crippen molar-refractivity contribution in [2.75, 3.05) is 7.11 Å². The van der Waals surface area contributed by atoms with Gasteiger partial charge in [-0.1, -0.05) is 0 Å². The first-order valence-corrected chi connectivity index (χ1v) is 4.39. The van der Waals surface area contributed by atoms with Crippen molar-refractivity contribution in [2.45, 2.75) is 6.92 Å². The summed E-state index contributed by atoms with van der Waals surface area (Å²) in [6.45, 7) is 1.80. The normalized spacial score (nSPS) is 10.5. The zero-order valence-corrected chi connectivity index (χ0v) is 8.37. The summed E-state index contributed by atoms with van der Waals surface area (Å²) in [4.78, 5) is 11.4. The van der Waals surface area contributed by atoms with E-state index in [9.17, 15) is 9.90 Å². The Hall–Kier alpha value is -2.04. The van der Waals surface area contributed by atoms with Crippen LogP contribution in [0, 0.1) is 6.92 Å². The molecule has 5 heteroatoms. The molecule has 0 atom stereocenters. The molecule has 0 radical (unpaired) electrons. The number of carbonyl (C=O) groups excluding carboxylic acids is 1. The van der Waals surface area contributed by atoms with Crippen LogP contribution in [0.3, 0.4) is 0 Å². The minimum atomic E-state index is -0.491. The van der Waals surface area contributed by atoms with Gasteiger partial charge in [-0.15, -0.1) is 0 Å². The second-order valence-electron chi connectivity index (χ2n) is 3.25. The fraction of sp³-hybridized carbons (Fsp3) is 0.200. The summed E-state index contributed by atoms with van der Waals surface area (Å²) >= 11 is 0. The molecule has 0 fully saturated rings. The fourth-order valence-corrected chi connectivity index (χ4v) is 1.59. The van der Waals surface area contributed by atoms with Crippen LogP contribution in [0.4, 0.5) is 0 Å². The van der Waals surface area contributed by atoms with Crippen LogP contribution in [0.15, 0.2) is 12.1 Å². The molecular formula is C10H10N2O3. The van der Waals surface area contributed by atoms with Crippen molar-refractivity contribution in [3.05, 3.63) is 23.4 Å². The van der Waals surface area contributed by atoms with Crippen molar-refractivity contribution in [3.63, 3.8) is 0 Å². The molecule has 0 aliphatic carbocycles. The molecule has 0 unspecified atom stereocenters. The summed E-state index contributed by atoms with van der Waals surface area (Å²) in [6, 6.07) is 3.09. The highest BCUT2D eigenvalue weighted by Gasteiger charge is 2.16. The van der Waals surface area contributed by atoms with Gasteiger partial charge in [0.15, 0.2) is 5.69 Å². The molecule has 5 nitrogen and oxygen atoms in total. The van der Waals surface area contributed by atoms with E-state index in [1.165, 1.54) is 13.2 Å². The van der Waals surface area contributed by atoms with Crippen molar-refractivity contribution < 1.29 is 14.6 Å². The monoisotopic (exact) mass is 206 g/mol.